The lowest BCUT2D eigenvalue weighted by Crippen LogP contribution is -2.28. The summed E-state index contributed by atoms with van der Waals surface area (Å²) in [4.78, 5) is 11.5. The van der Waals surface area contributed by atoms with Crippen molar-refractivity contribution in [1.82, 2.24) is 15.5 Å². The van der Waals surface area contributed by atoms with Crippen LogP contribution in [0.15, 0.2) is 12.1 Å². The zero-order valence-electron chi connectivity index (χ0n) is 9.24. The van der Waals surface area contributed by atoms with Gasteiger partial charge in [-0.1, -0.05) is 13.8 Å². The van der Waals surface area contributed by atoms with Gasteiger partial charge in [-0.3, -0.25) is 4.79 Å². The molecule has 0 spiro atoms. The summed E-state index contributed by atoms with van der Waals surface area (Å²) in [6.07, 6.45) is 0. The molecule has 2 N–H and O–H groups in total. The zero-order chi connectivity index (χ0) is 11.3. The molecule has 1 amide bonds. The average molecular weight is 208 g/mol. The number of rotatable bonds is 4. The second kappa shape index (κ2) is 5.29. The molecular formula is C10H16N4O. The van der Waals surface area contributed by atoms with Gasteiger partial charge >= 0.3 is 0 Å². The van der Waals surface area contributed by atoms with Crippen LogP contribution >= 0.6 is 0 Å². The van der Waals surface area contributed by atoms with Crippen LogP contribution in [-0.2, 0) is 0 Å². The molecule has 0 saturated carbocycles. The molecule has 0 saturated heterocycles. The summed E-state index contributed by atoms with van der Waals surface area (Å²) in [7, 11) is 1.75. The SMILES string of the molecule is CNc1ccc(C(=O)NCC(C)C)nn1. The highest BCUT2D eigenvalue weighted by molar-refractivity contribution is 5.92. The fourth-order valence-electron chi connectivity index (χ4n) is 0.974. The average Bonchev–Trinajstić information content (AvgIpc) is 2.26. The van der Waals surface area contributed by atoms with E-state index in [4.69, 9.17) is 0 Å². The van der Waals surface area contributed by atoms with Crippen molar-refractivity contribution in [3.05, 3.63) is 17.8 Å². The molecule has 0 atom stereocenters. The summed E-state index contributed by atoms with van der Waals surface area (Å²) in [6.45, 7) is 4.72. The van der Waals surface area contributed by atoms with Crippen LogP contribution in [-0.4, -0.2) is 29.7 Å². The lowest BCUT2D eigenvalue weighted by atomic mass is 10.2. The Morgan fingerprint density at radius 2 is 2.13 bits per heavy atom. The highest BCUT2D eigenvalue weighted by Crippen LogP contribution is 2.00. The largest absolute Gasteiger partial charge is 0.372 e. The molecular weight excluding hydrogens is 192 g/mol. The van der Waals surface area contributed by atoms with E-state index in [0.717, 1.165) is 0 Å². The van der Waals surface area contributed by atoms with Gasteiger partial charge < -0.3 is 10.6 Å². The Balaban J connectivity index is 2.58. The molecule has 0 fully saturated rings. The number of anilines is 1. The third-order valence-corrected chi connectivity index (χ3v) is 1.82. The summed E-state index contributed by atoms with van der Waals surface area (Å²) >= 11 is 0. The van der Waals surface area contributed by atoms with Crippen molar-refractivity contribution in [3.63, 3.8) is 0 Å². The van der Waals surface area contributed by atoms with Gasteiger partial charge in [0, 0.05) is 13.6 Å². The first-order valence-electron chi connectivity index (χ1n) is 4.93. The van der Waals surface area contributed by atoms with E-state index in [1.165, 1.54) is 0 Å². The molecule has 0 radical (unpaired) electrons. The van der Waals surface area contributed by atoms with Gasteiger partial charge in [-0.2, -0.15) is 0 Å². The molecule has 0 aliphatic rings. The van der Waals surface area contributed by atoms with Gasteiger partial charge in [-0.05, 0) is 18.1 Å². The van der Waals surface area contributed by atoms with Crippen molar-refractivity contribution >= 4 is 11.7 Å². The molecule has 0 aliphatic heterocycles. The molecule has 5 heteroatoms. The molecule has 1 aromatic rings. The van der Waals surface area contributed by atoms with E-state index >= 15 is 0 Å². The van der Waals surface area contributed by atoms with Crippen molar-refractivity contribution in [2.75, 3.05) is 18.9 Å². The molecule has 1 rings (SSSR count). The second-order valence-corrected chi connectivity index (χ2v) is 3.66. The fourth-order valence-corrected chi connectivity index (χ4v) is 0.974. The van der Waals surface area contributed by atoms with Crippen LogP contribution in [0.4, 0.5) is 5.82 Å². The summed E-state index contributed by atoms with van der Waals surface area (Å²) in [5, 5.41) is 13.2. The smallest absolute Gasteiger partial charge is 0.271 e. The van der Waals surface area contributed by atoms with Gasteiger partial charge in [0.25, 0.3) is 5.91 Å². The van der Waals surface area contributed by atoms with Crippen molar-refractivity contribution in [2.24, 2.45) is 5.92 Å². The fraction of sp³-hybridized carbons (Fsp3) is 0.500. The number of carbonyl (C=O) groups is 1. The Bertz CT molecular complexity index is 321. The molecule has 1 aromatic heterocycles. The second-order valence-electron chi connectivity index (χ2n) is 3.66. The van der Waals surface area contributed by atoms with Gasteiger partial charge in [-0.25, -0.2) is 0 Å². The molecule has 0 aromatic carbocycles. The molecule has 82 valence electrons. The van der Waals surface area contributed by atoms with Gasteiger partial charge in [0.1, 0.15) is 5.82 Å². The van der Waals surface area contributed by atoms with E-state index in [1.54, 1.807) is 19.2 Å². The van der Waals surface area contributed by atoms with E-state index in [2.05, 4.69) is 20.8 Å². The maximum absolute atomic E-state index is 11.5. The van der Waals surface area contributed by atoms with Crippen LogP contribution in [0.5, 0.6) is 0 Å². The van der Waals surface area contributed by atoms with E-state index in [1.807, 2.05) is 13.8 Å². The lowest BCUT2D eigenvalue weighted by Gasteiger charge is -2.06. The van der Waals surface area contributed by atoms with E-state index in [-0.39, 0.29) is 5.91 Å². The van der Waals surface area contributed by atoms with Crippen LogP contribution in [0.2, 0.25) is 0 Å². The molecule has 0 aliphatic carbocycles. The van der Waals surface area contributed by atoms with Gasteiger partial charge in [0.15, 0.2) is 5.69 Å². The number of nitrogens with one attached hydrogen (secondary N) is 2. The Kier molecular flexibility index (Phi) is 4.03. The first kappa shape index (κ1) is 11.4. The van der Waals surface area contributed by atoms with Gasteiger partial charge in [0.2, 0.25) is 0 Å². The number of carbonyl (C=O) groups excluding carboxylic acids is 1. The topological polar surface area (TPSA) is 66.9 Å². The van der Waals surface area contributed by atoms with Crippen molar-refractivity contribution in [2.45, 2.75) is 13.8 Å². The first-order chi connectivity index (χ1) is 7.13. The summed E-state index contributed by atoms with van der Waals surface area (Å²) in [6, 6.07) is 3.37. The van der Waals surface area contributed by atoms with Crippen LogP contribution in [0.25, 0.3) is 0 Å². The Morgan fingerprint density at radius 1 is 1.40 bits per heavy atom. The standard InChI is InChI=1S/C10H16N4O/c1-7(2)6-12-10(15)8-4-5-9(11-3)14-13-8/h4-5,7H,6H2,1-3H3,(H,11,14)(H,12,15). The van der Waals surface area contributed by atoms with E-state index in [0.29, 0.717) is 24.0 Å². The monoisotopic (exact) mass is 208 g/mol. The third-order valence-electron chi connectivity index (χ3n) is 1.82. The van der Waals surface area contributed by atoms with Crippen molar-refractivity contribution in [3.8, 4) is 0 Å². The number of hydrogen-bond acceptors (Lipinski definition) is 4. The van der Waals surface area contributed by atoms with Crippen molar-refractivity contribution < 1.29 is 4.79 Å². The molecule has 0 unspecified atom stereocenters. The van der Waals surface area contributed by atoms with Gasteiger partial charge in [0.05, 0.1) is 0 Å². The quantitative estimate of drug-likeness (QED) is 0.771. The molecule has 15 heavy (non-hydrogen) atoms. The Morgan fingerprint density at radius 3 is 2.60 bits per heavy atom. The van der Waals surface area contributed by atoms with Crippen molar-refractivity contribution in [1.29, 1.82) is 0 Å². The molecule has 1 heterocycles. The molecule has 0 bridgehead atoms. The van der Waals surface area contributed by atoms with Crippen LogP contribution in [0.1, 0.15) is 24.3 Å². The highest BCUT2D eigenvalue weighted by atomic mass is 16.1. The maximum Gasteiger partial charge on any atom is 0.271 e. The van der Waals surface area contributed by atoms with E-state index in [9.17, 15) is 4.79 Å². The number of amides is 1. The zero-order valence-corrected chi connectivity index (χ0v) is 9.24. The predicted octanol–water partition coefficient (Wildman–Crippen LogP) is 0.904. The highest BCUT2D eigenvalue weighted by Gasteiger charge is 2.07. The lowest BCUT2D eigenvalue weighted by molar-refractivity contribution is 0.0943. The minimum Gasteiger partial charge on any atom is -0.372 e. The predicted molar refractivity (Wildman–Crippen MR) is 58.7 cm³/mol. The minimum atomic E-state index is -0.182. The molecule has 5 nitrogen and oxygen atoms in total. The number of nitrogens with zero attached hydrogens (tertiary/aromatic N) is 2. The minimum absolute atomic E-state index is 0.182. The van der Waals surface area contributed by atoms with Crippen LogP contribution in [0.3, 0.4) is 0 Å². The summed E-state index contributed by atoms with van der Waals surface area (Å²) < 4.78 is 0. The number of aromatic nitrogens is 2. The third kappa shape index (κ3) is 3.53. The maximum atomic E-state index is 11.5. The van der Waals surface area contributed by atoms with Crippen LogP contribution < -0.4 is 10.6 Å². The normalized spacial score (nSPS) is 10.1. The van der Waals surface area contributed by atoms with Gasteiger partial charge in [-0.15, -0.1) is 10.2 Å². The van der Waals surface area contributed by atoms with Crippen LogP contribution in [0, 0.1) is 5.92 Å². The summed E-state index contributed by atoms with van der Waals surface area (Å²) in [5.41, 5.74) is 0.342. The Hall–Kier alpha value is -1.65. The first-order valence-corrected chi connectivity index (χ1v) is 4.93. The van der Waals surface area contributed by atoms with E-state index < -0.39 is 0 Å². The Labute approximate surface area is 89.3 Å². The number of hydrogen-bond donors (Lipinski definition) is 2. The summed E-state index contributed by atoms with van der Waals surface area (Å²) in [5.74, 6) is 0.896.